The molecule has 0 unspecified atom stereocenters. The van der Waals surface area contributed by atoms with Gasteiger partial charge >= 0.3 is 0 Å². The van der Waals surface area contributed by atoms with Crippen LogP contribution in [0.25, 0.3) is 0 Å². The third-order valence-electron chi connectivity index (χ3n) is 5.54. The molecule has 5 nitrogen and oxygen atoms in total. The number of hydrogen-bond donors (Lipinski definition) is 0. The molecule has 2 fully saturated rings. The van der Waals surface area contributed by atoms with Crippen molar-refractivity contribution >= 4 is 0 Å². The summed E-state index contributed by atoms with van der Waals surface area (Å²) >= 11 is 0. The van der Waals surface area contributed by atoms with Crippen molar-refractivity contribution in [2.45, 2.75) is 109 Å². The van der Waals surface area contributed by atoms with Crippen molar-refractivity contribution < 1.29 is 18.9 Å². The summed E-state index contributed by atoms with van der Waals surface area (Å²) in [5, 5.41) is 0. The van der Waals surface area contributed by atoms with E-state index in [0.29, 0.717) is 0 Å². The second-order valence-electron chi connectivity index (χ2n) is 8.46. The lowest BCUT2D eigenvalue weighted by Crippen LogP contribution is -2.37. The molecule has 0 aromatic carbocycles. The average molecular weight is 392 g/mol. The third-order valence-corrected chi connectivity index (χ3v) is 5.54. The van der Waals surface area contributed by atoms with Crippen molar-refractivity contribution in [1.82, 2.24) is 4.98 Å². The molecule has 2 aliphatic heterocycles. The van der Waals surface area contributed by atoms with Crippen LogP contribution in [0.15, 0.2) is 24.4 Å². The smallest absolute Gasteiger partial charge is 0.190 e. The molecule has 0 N–H and O–H groups in total. The van der Waals surface area contributed by atoms with Gasteiger partial charge in [0, 0.05) is 18.5 Å². The van der Waals surface area contributed by atoms with Gasteiger partial charge in [-0.2, -0.15) is 0 Å². The lowest BCUT2D eigenvalue weighted by Gasteiger charge is -2.26. The van der Waals surface area contributed by atoms with Crippen molar-refractivity contribution in [2.24, 2.45) is 0 Å². The molecule has 3 rings (SSSR count). The molecule has 0 amide bonds. The number of unbranched alkanes of at least 4 members (excludes halogenated alkanes) is 5. The zero-order valence-electron chi connectivity index (χ0n) is 17.8. The second kappa shape index (κ2) is 10.7. The van der Waals surface area contributed by atoms with Gasteiger partial charge in [0.25, 0.3) is 0 Å². The number of pyridine rings is 1. The Labute approximate surface area is 170 Å². The number of hydrogen-bond acceptors (Lipinski definition) is 5. The lowest BCUT2D eigenvalue weighted by atomic mass is 10.0. The van der Waals surface area contributed by atoms with Crippen LogP contribution in [0.5, 0.6) is 0 Å². The van der Waals surface area contributed by atoms with Gasteiger partial charge in [-0.3, -0.25) is 4.98 Å². The van der Waals surface area contributed by atoms with Gasteiger partial charge in [0.15, 0.2) is 12.1 Å². The van der Waals surface area contributed by atoms with Crippen LogP contribution in [-0.4, -0.2) is 42.0 Å². The van der Waals surface area contributed by atoms with Gasteiger partial charge in [-0.15, -0.1) is 0 Å². The van der Waals surface area contributed by atoms with E-state index in [2.05, 4.69) is 18.0 Å². The van der Waals surface area contributed by atoms with E-state index in [4.69, 9.17) is 18.9 Å². The van der Waals surface area contributed by atoms with Gasteiger partial charge in [-0.1, -0.05) is 45.1 Å². The summed E-state index contributed by atoms with van der Waals surface area (Å²) in [6, 6.07) is 6.09. The molecule has 158 valence electrons. The third kappa shape index (κ3) is 6.24. The van der Waals surface area contributed by atoms with Gasteiger partial charge in [0.1, 0.15) is 12.2 Å². The number of nitrogens with zero attached hydrogens (tertiary/aromatic N) is 1. The number of rotatable bonds is 12. The summed E-state index contributed by atoms with van der Waals surface area (Å²) in [6.07, 6.45) is 11.8. The van der Waals surface area contributed by atoms with Crippen LogP contribution < -0.4 is 0 Å². The largest absolute Gasteiger partial charge is 0.373 e. The maximum atomic E-state index is 6.28. The predicted octanol–water partition coefficient (Wildman–Crippen LogP) is 5.03. The molecule has 1 aromatic rings. The van der Waals surface area contributed by atoms with Crippen LogP contribution in [0.4, 0.5) is 0 Å². The molecular formula is C23H37NO4. The highest BCUT2D eigenvalue weighted by molar-refractivity contribution is 5.03. The topological polar surface area (TPSA) is 49.8 Å². The van der Waals surface area contributed by atoms with Crippen LogP contribution in [-0.2, 0) is 25.4 Å². The molecule has 0 radical (unpaired) electrons. The Hall–Kier alpha value is -1.01. The predicted molar refractivity (Wildman–Crippen MR) is 109 cm³/mol. The first-order valence-corrected chi connectivity index (χ1v) is 11.1. The van der Waals surface area contributed by atoms with Crippen molar-refractivity contribution in [3.05, 3.63) is 30.1 Å². The van der Waals surface area contributed by atoms with Gasteiger partial charge in [0.2, 0.25) is 0 Å². The summed E-state index contributed by atoms with van der Waals surface area (Å²) in [7, 11) is 0. The fraction of sp³-hybridized carbons (Fsp3) is 0.783. The van der Waals surface area contributed by atoms with Crippen molar-refractivity contribution in [1.29, 1.82) is 0 Å². The minimum Gasteiger partial charge on any atom is -0.373 e. The number of aryl methyl sites for hydroxylation is 1. The van der Waals surface area contributed by atoms with Crippen LogP contribution in [0.2, 0.25) is 0 Å². The van der Waals surface area contributed by atoms with E-state index < -0.39 is 5.79 Å². The Balaban J connectivity index is 1.44. The van der Waals surface area contributed by atoms with E-state index in [1.165, 1.54) is 25.7 Å². The molecule has 0 bridgehead atoms. The van der Waals surface area contributed by atoms with Crippen molar-refractivity contribution in [2.75, 3.05) is 6.61 Å². The first-order valence-electron chi connectivity index (χ1n) is 11.1. The van der Waals surface area contributed by atoms with E-state index in [1.807, 2.05) is 32.2 Å². The highest BCUT2D eigenvalue weighted by atomic mass is 16.8. The Morgan fingerprint density at radius 3 is 2.68 bits per heavy atom. The quantitative estimate of drug-likeness (QED) is 0.468. The molecule has 0 spiro atoms. The summed E-state index contributed by atoms with van der Waals surface area (Å²) in [5.74, 6) is -0.595. The highest BCUT2D eigenvalue weighted by Gasteiger charge is 2.54. The van der Waals surface area contributed by atoms with Crippen LogP contribution >= 0.6 is 0 Å². The Morgan fingerprint density at radius 2 is 1.89 bits per heavy atom. The maximum Gasteiger partial charge on any atom is 0.190 e. The minimum atomic E-state index is -0.595. The van der Waals surface area contributed by atoms with Gasteiger partial charge < -0.3 is 18.9 Å². The zero-order valence-corrected chi connectivity index (χ0v) is 17.8. The monoisotopic (exact) mass is 391 g/mol. The van der Waals surface area contributed by atoms with Gasteiger partial charge in [-0.05, 0) is 51.7 Å². The van der Waals surface area contributed by atoms with Crippen LogP contribution in [0, 0.1) is 0 Å². The average Bonchev–Trinajstić information content (AvgIpc) is 3.14. The molecule has 1 aromatic heterocycles. The first-order chi connectivity index (χ1) is 13.6. The highest BCUT2D eigenvalue weighted by Crippen LogP contribution is 2.40. The zero-order chi connectivity index (χ0) is 19.8. The van der Waals surface area contributed by atoms with E-state index in [0.717, 1.165) is 44.4 Å². The Bertz CT molecular complexity index is 565. The minimum absolute atomic E-state index is 0.0344. The molecule has 28 heavy (non-hydrogen) atoms. The van der Waals surface area contributed by atoms with Gasteiger partial charge in [0.05, 0.1) is 6.10 Å². The molecule has 5 heteroatoms. The Kier molecular flexibility index (Phi) is 8.27. The lowest BCUT2D eigenvalue weighted by molar-refractivity contribution is -0.219. The normalized spacial score (nSPS) is 28.5. The van der Waals surface area contributed by atoms with Crippen molar-refractivity contribution in [3.8, 4) is 0 Å². The molecule has 0 saturated carbocycles. The fourth-order valence-electron chi connectivity index (χ4n) is 4.10. The molecule has 3 heterocycles. The Morgan fingerprint density at radius 1 is 1.04 bits per heavy atom. The summed E-state index contributed by atoms with van der Waals surface area (Å²) in [5.41, 5.74) is 1.15. The number of ether oxygens (including phenoxy) is 4. The molecule has 2 saturated heterocycles. The molecule has 2 aliphatic rings. The van der Waals surface area contributed by atoms with E-state index in [1.54, 1.807) is 0 Å². The standard InChI is InChI=1S/C23H37NO4/c1-4-5-6-7-12-17-25-20-19(26-22-21(20)27-23(2,3)28-22)15-9-8-13-18-14-10-11-16-24-18/h10-11,14,16,19-22H,4-9,12-13,15,17H2,1-3H3/t19-,20+,21-,22-/m1/s1. The van der Waals surface area contributed by atoms with E-state index in [9.17, 15) is 0 Å². The fourth-order valence-corrected chi connectivity index (χ4v) is 4.10. The molecular weight excluding hydrogens is 354 g/mol. The van der Waals surface area contributed by atoms with Gasteiger partial charge in [-0.25, -0.2) is 0 Å². The SMILES string of the molecule is CCCCCCCO[C@@H]1[C@H]2OC(C)(C)O[C@H]2O[C@@H]1CCCCc1ccccn1. The van der Waals surface area contributed by atoms with Crippen molar-refractivity contribution in [3.63, 3.8) is 0 Å². The van der Waals surface area contributed by atoms with E-state index in [-0.39, 0.29) is 24.6 Å². The maximum absolute atomic E-state index is 6.28. The second-order valence-corrected chi connectivity index (χ2v) is 8.46. The first kappa shape index (κ1) is 21.7. The summed E-state index contributed by atoms with van der Waals surface area (Å²) < 4.78 is 24.5. The van der Waals surface area contributed by atoms with Crippen LogP contribution in [0.1, 0.15) is 77.8 Å². The summed E-state index contributed by atoms with van der Waals surface area (Å²) in [6.45, 7) is 6.90. The number of aromatic nitrogens is 1. The van der Waals surface area contributed by atoms with Crippen LogP contribution in [0.3, 0.4) is 0 Å². The molecule has 4 atom stereocenters. The van der Waals surface area contributed by atoms with E-state index >= 15 is 0 Å². The molecule has 0 aliphatic carbocycles. The summed E-state index contributed by atoms with van der Waals surface area (Å²) in [4.78, 5) is 4.40. The number of fused-ring (bicyclic) bond motifs is 1.